The minimum absolute atomic E-state index is 0.00208. The Bertz CT molecular complexity index is 636. The molecular weight excluding hydrogens is 283 g/mol. The Balaban J connectivity index is 2.12. The fourth-order valence-corrected chi connectivity index (χ4v) is 1.88. The van der Waals surface area contributed by atoms with Gasteiger partial charge >= 0.3 is 12.1 Å². The van der Waals surface area contributed by atoms with Gasteiger partial charge in [-0.3, -0.25) is 0 Å². The summed E-state index contributed by atoms with van der Waals surface area (Å²) >= 11 is 0. The molecule has 0 aliphatic carbocycles. The highest BCUT2D eigenvalue weighted by atomic mass is 19.4. The van der Waals surface area contributed by atoms with E-state index in [1.165, 1.54) is 36.4 Å². The molecule has 0 saturated heterocycles. The van der Waals surface area contributed by atoms with E-state index in [1.54, 1.807) is 6.07 Å². The molecule has 110 valence electrons. The number of carboxylic acid groups (broad SMARTS) is 1. The number of halogens is 3. The molecule has 0 amide bonds. The normalized spacial score (nSPS) is 11.2. The molecule has 0 heterocycles. The molecular formula is C15H12F3NO2. The van der Waals surface area contributed by atoms with Crippen LogP contribution in [-0.2, 0) is 12.7 Å². The predicted molar refractivity (Wildman–Crippen MR) is 72.2 cm³/mol. The number of anilines is 1. The maximum atomic E-state index is 12.8. The van der Waals surface area contributed by atoms with Gasteiger partial charge in [-0.05, 0) is 35.9 Å². The van der Waals surface area contributed by atoms with Crippen molar-refractivity contribution >= 4 is 11.7 Å². The summed E-state index contributed by atoms with van der Waals surface area (Å²) in [6, 6.07) is 11.1. The Morgan fingerprint density at radius 3 is 2.24 bits per heavy atom. The molecule has 0 atom stereocenters. The predicted octanol–water partition coefficient (Wildman–Crippen LogP) is 4.02. The zero-order valence-corrected chi connectivity index (χ0v) is 10.8. The molecule has 2 rings (SSSR count). The van der Waals surface area contributed by atoms with E-state index in [0.29, 0.717) is 5.69 Å². The molecule has 21 heavy (non-hydrogen) atoms. The molecule has 0 fully saturated rings. The van der Waals surface area contributed by atoms with Crippen LogP contribution in [0.25, 0.3) is 0 Å². The first-order valence-corrected chi connectivity index (χ1v) is 6.10. The van der Waals surface area contributed by atoms with Crippen LogP contribution < -0.4 is 5.32 Å². The summed E-state index contributed by atoms with van der Waals surface area (Å²) in [6.07, 6.45) is -4.40. The summed E-state index contributed by atoms with van der Waals surface area (Å²) in [5, 5.41) is 11.6. The molecule has 3 nitrogen and oxygen atoms in total. The molecule has 2 N–H and O–H groups in total. The van der Waals surface area contributed by atoms with Gasteiger partial charge in [-0.25, -0.2) is 4.79 Å². The first-order valence-electron chi connectivity index (χ1n) is 6.10. The minimum Gasteiger partial charge on any atom is -0.478 e. The second-order valence-corrected chi connectivity index (χ2v) is 4.39. The van der Waals surface area contributed by atoms with Crippen molar-refractivity contribution in [3.05, 3.63) is 65.2 Å². The number of carboxylic acids is 1. The van der Waals surface area contributed by atoms with Gasteiger partial charge in [-0.2, -0.15) is 13.2 Å². The molecule has 0 unspecified atom stereocenters. The average Bonchev–Trinajstić information content (AvgIpc) is 2.45. The van der Waals surface area contributed by atoms with Gasteiger partial charge in [0.05, 0.1) is 11.1 Å². The van der Waals surface area contributed by atoms with E-state index < -0.39 is 17.7 Å². The first-order chi connectivity index (χ1) is 9.88. The molecule has 0 aliphatic heterocycles. The summed E-state index contributed by atoms with van der Waals surface area (Å²) < 4.78 is 38.5. The number of alkyl halides is 3. The fourth-order valence-electron chi connectivity index (χ4n) is 1.88. The second-order valence-electron chi connectivity index (χ2n) is 4.39. The van der Waals surface area contributed by atoms with Crippen molar-refractivity contribution in [2.24, 2.45) is 0 Å². The lowest BCUT2D eigenvalue weighted by molar-refractivity contribution is -0.138. The summed E-state index contributed by atoms with van der Waals surface area (Å²) in [6.45, 7) is 0.00208. The van der Waals surface area contributed by atoms with Gasteiger partial charge in [0.2, 0.25) is 0 Å². The monoisotopic (exact) mass is 295 g/mol. The smallest absolute Gasteiger partial charge is 0.416 e. The highest BCUT2D eigenvalue weighted by Gasteiger charge is 2.32. The summed E-state index contributed by atoms with van der Waals surface area (Å²) in [5.74, 6) is -1.05. The zero-order chi connectivity index (χ0) is 15.5. The molecule has 0 aliphatic rings. The Hall–Kier alpha value is -2.50. The van der Waals surface area contributed by atoms with Gasteiger partial charge in [0.15, 0.2) is 0 Å². The third kappa shape index (κ3) is 3.75. The first kappa shape index (κ1) is 14.9. The molecule has 0 bridgehead atoms. The van der Waals surface area contributed by atoms with E-state index in [-0.39, 0.29) is 17.7 Å². The van der Waals surface area contributed by atoms with Crippen molar-refractivity contribution < 1.29 is 23.1 Å². The molecule has 2 aromatic rings. The molecule has 0 saturated carbocycles. The maximum Gasteiger partial charge on any atom is 0.416 e. The van der Waals surface area contributed by atoms with Crippen LogP contribution in [0.5, 0.6) is 0 Å². The van der Waals surface area contributed by atoms with E-state index >= 15 is 0 Å². The van der Waals surface area contributed by atoms with E-state index in [4.69, 9.17) is 5.11 Å². The number of hydrogen-bond acceptors (Lipinski definition) is 2. The standard InChI is InChI=1S/C15H12F3NO2/c16-15(17,18)13-4-2-1-3-11(13)9-19-12-7-5-10(6-8-12)14(20)21/h1-8,19H,9H2,(H,20,21). The number of carbonyl (C=O) groups is 1. The van der Waals surface area contributed by atoms with E-state index in [0.717, 1.165) is 6.07 Å². The third-order valence-electron chi connectivity index (χ3n) is 2.94. The number of rotatable bonds is 4. The second kappa shape index (κ2) is 5.87. The van der Waals surface area contributed by atoms with Crippen molar-refractivity contribution in [1.82, 2.24) is 0 Å². The van der Waals surface area contributed by atoms with Gasteiger partial charge in [-0.15, -0.1) is 0 Å². The van der Waals surface area contributed by atoms with Crippen LogP contribution in [0.4, 0.5) is 18.9 Å². The van der Waals surface area contributed by atoms with Gasteiger partial charge in [-0.1, -0.05) is 18.2 Å². The van der Waals surface area contributed by atoms with E-state index in [1.807, 2.05) is 0 Å². The van der Waals surface area contributed by atoms with Gasteiger partial charge < -0.3 is 10.4 Å². The van der Waals surface area contributed by atoms with Crippen molar-refractivity contribution in [3.8, 4) is 0 Å². The summed E-state index contributed by atoms with van der Waals surface area (Å²) in [7, 11) is 0. The molecule has 0 aromatic heterocycles. The minimum atomic E-state index is -4.40. The molecule has 0 radical (unpaired) electrons. The maximum absolute atomic E-state index is 12.8. The number of nitrogens with one attached hydrogen (secondary N) is 1. The van der Waals surface area contributed by atoms with Crippen LogP contribution in [0.1, 0.15) is 21.5 Å². The quantitative estimate of drug-likeness (QED) is 0.895. The molecule has 0 spiro atoms. The Morgan fingerprint density at radius 2 is 1.67 bits per heavy atom. The van der Waals surface area contributed by atoms with Crippen molar-refractivity contribution in [2.45, 2.75) is 12.7 Å². The van der Waals surface area contributed by atoms with Gasteiger partial charge in [0.1, 0.15) is 0 Å². The highest BCUT2D eigenvalue weighted by Crippen LogP contribution is 2.32. The fraction of sp³-hybridized carbons (Fsp3) is 0.133. The van der Waals surface area contributed by atoms with Crippen molar-refractivity contribution in [2.75, 3.05) is 5.32 Å². The summed E-state index contributed by atoms with van der Waals surface area (Å²) in [5.41, 5.74) is 0.125. The van der Waals surface area contributed by atoms with Crippen LogP contribution in [0.2, 0.25) is 0 Å². The largest absolute Gasteiger partial charge is 0.478 e. The van der Waals surface area contributed by atoms with Crippen LogP contribution >= 0.6 is 0 Å². The lowest BCUT2D eigenvalue weighted by Gasteiger charge is -2.13. The zero-order valence-electron chi connectivity index (χ0n) is 10.8. The molecule has 2 aromatic carbocycles. The van der Waals surface area contributed by atoms with Crippen LogP contribution in [-0.4, -0.2) is 11.1 Å². The lowest BCUT2D eigenvalue weighted by atomic mass is 10.1. The Kier molecular flexibility index (Phi) is 4.16. The van der Waals surface area contributed by atoms with Gasteiger partial charge in [0, 0.05) is 12.2 Å². The number of hydrogen-bond donors (Lipinski definition) is 2. The Labute approximate surface area is 119 Å². The highest BCUT2D eigenvalue weighted by molar-refractivity contribution is 5.87. The SMILES string of the molecule is O=C(O)c1ccc(NCc2ccccc2C(F)(F)F)cc1. The van der Waals surface area contributed by atoms with Crippen LogP contribution in [0.3, 0.4) is 0 Å². The van der Waals surface area contributed by atoms with Crippen LogP contribution in [0, 0.1) is 0 Å². The lowest BCUT2D eigenvalue weighted by Crippen LogP contribution is -2.11. The van der Waals surface area contributed by atoms with E-state index in [2.05, 4.69) is 5.32 Å². The molecule has 6 heteroatoms. The van der Waals surface area contributed by atoms with Crippen LogP contribution in [0.15, 0.2) is 48.5 Å². The number of benzene rings is 2. The van der Waals surface area contributed by atoms with E-state index in [9.17, 15) is 18.0 Å². The number of aromatic carboxylic acids is 1. The van der Waals surface area contributed by atoms with Gasteiger partial charge in [0.25, 0.3) is 0 Å². The topological polar surface area (TPSA) is 49.3 Å². The van der Waals surface area contributed by atoms with Crippen molar-refractivity contribution in [1.29, 1.82) is 0 Å². The van der Waals surface area contributed by atoms with Crippen molar-refractivity contribution in [3.63, 3.8) is 0 Å². The summed E-state index contributed by atoms with van der Waals surface area (Å²) in [4.78, 5) is 10.7. The third-order valence-corrected chi connectivity index (χ3v) is 2.94. The Morgan fingerprint density at radius 1 is 1.05 bits per heavy atom. The average molecular weight is 295 g/mol.